The number of hydrogen-bond acceptors (Lipinski definition) is 4. The van der Waals surface area contributed by atoms with Crippen molar-refractivity contribution in [1.82, 2.24) is 14.8 Å². The zero-order valence-corrected chi connectivity index (χ0v) is 17.8. The van der Waals surface area contributed by atoms with E-state index >= 15 is 0 Å². The number of amides is 1. The number of rotatable bonds is 6. The molecule has 2 saturated heterocycles. The van der Waals surface area contributed by atoms with E-state index in [1.807, 2.05) is 0 Å². The number of piperidine rings is 1. The number of aromatic nitrogens is 1. The first-order valence-electron chi connectivity index (χ1n) is 11.1. The van der Waals surface area contributed by atoms with Gasteiger partial charge in [0.15, 0.2) is 0 Å². The van der Waals surface area contributed by atoms with Crippen LogP contribution in [0.2, 0.25) is 0 Å². The number of halogens is 1. The second-order valence-electron chi connectivity index (χ2n) is 8.73. The normalized spacial score (nSPS) is 19.1. The Kier molecular flexibility index (Phi) is 6.83. The molecule has 2 aromatic rings. The van der Waals surface area contributed by atoms with Crippen LogP contribution in [-0.2, 0) is 4.74 Å². The van der Waals surface area contributed by atoms with Gasteiger partial charge in [0.1, 0.15) is 5.82 Å². The van der Waals surface area contributed by atoms with Crippen molar-refractivity contribution >= 4 is 5.91 Å². The van der Waals surface area contributed by atoms with Gasteiger partial charge in [-0.15, -0.1) is 0 Å². The van der Waals surface area contributed by atoms with Crippen LogP contribution in [0, 0.1) is 11.2 Å². The summed E-state index contributed by atoms with van der Waals surface area (Å²) in [5.41, 5.74) is 0.668. The highest BCUT2D eigenvalue weighted by Gasteiger charge is 2.35. The van der Waals surface area contributed by atoms with Gasteiger partial charge >= 0.3 is 0 Å². The van der Waals surface area contributed by atoms with Crippen molar-refractivity contribution in [1.29, 1.82) is 0 Å². The standard InChI is InChI=1S/C24H30FN3O3/c25-20-5-7-21(8-6-20)28-16-19(4-9-22(28)29)23(30)26-17-24(10-14-31-15-11-24)18-27-12-2-1-3-13-27/h4-9,16H,1-3,10-15,17-18H2,(H,26,30). The van der Waals surface area contributed by atoms with Crippen molar-refractivity contribution in [2.75, 3.05) is 39.4 Å². The summed E-state index contributed by atoms with van der Waals surface area (Å²) < 4.78 is 20.2. The summed E-state index contributed by atoms with van der Waals surface area (Å²) in [5, 5.41) is 3.11. The van der Waals surface area contributed by atoms with Gasteiger partial charge in [-0.1, -0.05) is 6.42 Å². The van der Waals surface area contributed by atoms with Crippen LogP contribution in [0.5, 0.6) is 0 Å². The third-order valence-electron chi connectivity index (χ3n) is 6.46. The summed E-state index contributed by atoms with van der Waals surface area (Å²) in [5.74, 6) is -0.582. The second-order valence-corrected chi connectivity index (χ2v) is 8.73. The number of likely N-dealkylation sites (tertiary alicyclic amines) is 1. The predicted octanol–water partition coefficient (Wildman–Crippen LogP) is 2.99. The molecule has 166 valence electrons. The Hall–Kier alpha value is -2.51. The molecule has 6 nitrogen and oxygen atoms in total. The summed E-state index contributed by atoms with van der Waals surface area (Å²) in [6.07, 6.45) is 7.16. The fourth-order valence-corrected chi connectivity index (χ4v) is 4.58. The molecule has 3 heterocycles. The fourth-order valence-electron chi connectivity index (χ4n) is 4.58. The first kappa shape index (κ1) is 21.7. The molecule has 2 aliphatic heterocycles. The number of ether oxygens (including phenoxy) is 1. The number of nitrogens with zero attached hydrogens (tertiary/aromatic N) is 2. The van der Waals surface area contributed by atoms with Crippen molar-refractivity contribution in [3.63, 3.8) is 0 Å². The lowest BCUT2D eigenvalue weighted by Crippen LogP contribution is -2.49. The van der Waals surface area contributed by atoms with E-state index in [0.717, 1.165) is 45.7 Å². The van der Waals surface area contributed by atoms with E-state index in [1.54, 1.807) is 6.07 Å². The molecule has 1 aromatic carbocycles. The van der Waals surface area contributed by atoms with Crippen molar-refractivity contribution in [2.24, 2.45) is 5.41 Å². The Morgan fingerprint density at radius 1 is 1.03 bits per heavy atom. The van der Waals surface area contributed by atoms with Crippen LogP contribution in [0.1, 0.15) is 42.5 Å². The van der Waals surface area contributed by atoms with E-state index in [4.69, 9.17) is 4.74 Å². The van der Waals surface area contributed by atoms with Gasteiger partial charge in [0.2, 0.25) is 0 Å². The lowest BCUT2D eigenvalue weighted by atomic mass is 9.79. The highest BCUT2D eigenvalue weighted by Crippen LogP contribution is 2.32. The third kappa shape index (κ3) is 5.40. The van der Waals surface area contributed by atoms with Crippen LogP contribution in [-0.4, -0.2) is 54.8 Å². The Morgan fingerprint density at radius 2 is 1.74 bits per heavy atom. The molecule has 0 bridgehead atoms. The van der Waals surface area contributed by atoms with Gasteiger partial charge < -0.3 is 15.0 Å². The molecule has 0 aliphatic carbocycles. The molecule has 0 unspecified atom stereocenters. The monoisotopic (exact) mass is 427 g/mol. The summed E-state index contributed by atoms with van der Waals surface area (Å²) in [4.78, 5) is 27.7. The van der Waals surface area contributed by atoms with Gasteiger partial charge in [0.05, 0.1) is 5.56 Å². The van der Waals surface area contributed by atoms with Crippen LogP contribution in [0.4, 0.5) is 4.39 Å². The SMILES string of the molecule is O=C(NCC1(CN2CCCCC2)CCOCC1)c1ccc(=O)n(-c2ccc(F)cc2)c1. The Bertz CT molecular complexity index is 945. The first-order chi connectivity index (χ1) is 15.0. The lowest BCUT2D eigenvalue weighted by molar-refractivity contribution is -0.00672. The Balaban J connectivity index is 1.47. The maximum Gasteiger partial charge on any atom is 0.255 e. The molecule has 4 rings (SSSR count). The lowest BCUT2D eigenvalue weighted by Gasteiger charge is -2.42. The van der Waals surface area contributed by atoms with E-state index in [0.29, 0.717) is 17.8 Å². The van der Waals surface area contributed by atoms with E-state index in [-0.39, 0.29) is 22.7 Å². The van der Waals surface area contributed by atoms with Gasteiger partial charge in [-0.05, 0) is 69.1 Å². The summed E-state index contributed by atoms with van der Waals surface area (Å²) in [6, 6.07) is 8.55. The fraction of sp³-hybridized carbons (Fsp3) is 0.500. The zero-order chi connectivity index (χ0) is 21.7. The molecule has 1 aromatic heterocycles. The van der Waals surface area contributed by atoms with Gasteiger partial charge in [0, 0.05) is 49.7 Å². The first-order valence-corrected chi connectivity index (χ1v) is 11.1. The Morgan fingerprint density at radius 3 is 2.45 bits per heavy atom. The minimum Gasteiger partial charge on any atom is -0.381 e. The molecule has 7 heteroatoms. The van der Waals surface area contributed by atoms with E-state index in [9.17, 15) is 14.0 Å². The van der Waals surface area contributed by atoms with Crippen LogP contribution in [0.3, 0.4) is 0 Å². The summed E-state index contributed by atoms with van der Waals surface area (Å²) in [6.45, 7) is 5.25. The number of hydrogen-bond donors (Lipinski definition) is 1. The molecule has 2 fully saturated rings. The molecular formula is C24H30FN3O3. The molecule has 0 saturated carbocycles. The van der Waals surface area contributed by atoms with Crippen LogP contribution < -0.4 is 10.9 Å². The molecule has 1 amide bonds. The highest BCUT2D eigenvalue weighted by atomic mass is 19.1. The van der Waals surface area contributed by atoms with Crippen molar-refractivity contribution in [3.8, 4) is 5.69 Å². The molecule has 2 aliphatic rings. The Labute approximate surface area is 182 Å². The predicted molar refractivity (Wildman–Crippen MR) is 117 cm³/mol. The third-order valence-corrected chi connectivity index (χ3v) is 6.46. The van der Waals surface area contributed by atoms with Gasteiger partial charge in [-0.25, -0.2) is 4.39 Å². The van der Waals surface area contributed by atoms with Crippen molar-refractivity contribution < 1.29 is 13.9 Å². The number of benzene rings is 1. The molecule has 0 radical (unpaired) electrons. The summed E-state index contributed by atoms with van der Waals surface area (Å²) >= 11 is 0. The largest absolute Gasteiger partial charge is 0.381 e. The quantitative estimate of drug-likeness (QED) is 0.770. The number of nitrogens with one attached hydrogen (secondary N) is 1. The average molecular weight is 428 g/mol. The smallest absolute Gasteiger partial charge is 0.255 e. The minimum absolute atomic E-state index is 0.0106. The minimum atomic E-state index is -0.374. The maximum absolute atomic E-state index is 13.2. The second kappa shape index (κ2) is 9.75. The summed E-state index contributed by atoms with van der Waals surface area (Å²) in [7, 11) is 0. The van der Waals surface area contributed by atoms with Gasteiger partial charge in [-0.2, -0.15) is 0 Å². The molecule has 1 N–H and O–H groups in total. The zero-order valence-electron chi connectivity index (χ0n) is 17.8. The topological polar surface area (TPSA) is 63.6 Å². The molecule has 0 atom stereocenters. The molecule has 31 heavy (non-hydrogen) atoms. The molecular weight excluding hydrogens is 397 g/mol. The number of pyridine rings is 1. The van der Waals surface area contributed by atoms with Gasteiger partial charge in [0.25, 0.3) is 11.5 Å². The van der Waals surface area contributed by atoms with Crippen LogP contribution >= 0.6 is 0 Å². The highest BCUT2D eigenvalue weighted by molar-refractivity contribution is 5.93. The van der Waals surface area contributed by atoms with E-state index in [2.05, 4.69) is 10.2 Å². The van der Waals surface area contributed by atoms with E-state index < -0.39 is 0 Å². The number of carbonyl (C=O) groups excluding carboxylic acids is 1. The van der Waals surface area contributed by atoms with Crippen LogP contribution in [0.25, 0.3) is 5.69 Å². The maximum atomic E-state index is 13.2. The van der Waals surface area contributed by atoms with Crippen molar-refractivity contribution in [2.45, 2.75) is 32.1 Å². The average Bonchev–Trinajstić information content (AvgIpc) is 2.80. The molecule has 0 spiro atoms. The van der Waals surface area contributed by atoms with Gasteiger partial charge in [-0.3, -0.25) is 14.2 Å². The van der Waals surface area contributed by atoms with Crippen molar-refractivity contribution in [3.05, 3.63) is 64.3 Å². The van der Waals surface area contributed by atoms with Crippen LogP contribution in [0.15, 0.2) is 47.4 Å². The number of carbonyl (C=O) groups is 1. The van der Waals surface area contributed by atoms with E-state index in [1.165, 1.54) is 60.4 Å².